The third kappa shape index (κ3) is 5.81. The molecule has 35 heavy (non-hydrogen) atoms. The second-order valence-electron chi connectivity index (χ2n) is 9.19. The fourth-order valence-electron chi connectivity index (χ4n) is 5.21. The lowest BCUT2D eigenvalue weighted by atomic mass is 9.82. The monoisotopic (exact) mass is 481 g/mol. The Morgan fingerprint density at radius 1 is 1.00 bits per heavy atom. The molecule has 2 fully saturated rings. The number of hydrogen-bond acceptors (Lipinski definition) is 5. The van der Waals surface area contributed by atoms with Crippen molar-refractivity contribution in [3.05, 3.63) is 48.0 Å². The van der Waals surface area contributed by atoms with E-state index in [1.165, 1.54) is 0 Å². The number of benzene rings is 2. The smallest absolute Gasteiger partial charge is 0.321 e. The minimum atomic E-state index is -0.103. The van der Waals surface area contributed by atoms with Crippen molar-refractivity contribution in [1.29, 1.82) is 0 Å². The quantitative estimate of drug-likeness (QED) is 0.646. The van der Waals surface area contributed by atoms with E-state index in [-0.39, 0.29) is 11.9 Å². The average Bonchev–Trinajstić information content (AvgIpc) is 3.04. The van der Waals surface area contributed by atoms with Crippen LogP contribution in [0.2, 0.25) is 0 Å². The van der Waals surface area contributed by atoms with Gasteiger partial charge in [0, 0.05) is 44.4 Å². The van der Waals surface area contributed by atoms with Crippen LogP contribution in [0, 0.1) is 11.8 Å². The van der Waals surface area contributed by atoms with E-state index in [2.05, 4.69) is 5.32 Å². The maximum Gasteiger partial charge on any atom is 0.321 e. The molecule has 2 aromatic carbocycles. The van der Waals surface area contributed by atoms with Crippen LogP contribution in [0.5, 0.6) is 17.2 Å². The number of piperidine rings is 1. The van der Waals surface area contributed by atoms with Crippen LogP contribution in [0.4, 0.5) is 10.5 Å². The Balaban J connectivity index is 1.34. The highest BCUT2D eigenvalue weighted by atomic mass is 16.5. The van der Waals surface area contributed by atoms with Crippen LogP contribution in [-0.2, 0) is 11.2 Å². The summed E-state index contributed by atoms with van der Waals surface area (Å²) in [5, 5.41) is 2.98. The van der Waals surface area contributed by atoms with Crippen LogP contribution < -0.4 is 19.5 Å². The van der Waals surface area contributed by atoms with E-state index in [4.69, 9.17) is 14.2 Å². The lowest BCUT2D eigenvalue weighted by Gasteiger charge is -2.37. The van der Waals surface area contributed by atoms with Gasteiger partial charge in [0.2, 0.25) is 5.91 Å². The summed E-state index contributed by atoms with van der Waals surface area (Å²) in [4.78, 5) is 29.8. The number of amides is 3. The minimum absolute atomic E-state index is 0.103. The van der Waals surface area contributed by atoms with Crippen LogP contribution in [0.15, 0.2) is 42.5 Å². The van der Waals surface area contributed by atoms with Gasteiger partial charge in [-0.15, -0.1) is 0 Å². The van der Waals surface area contributed by atoms with Crippen molar-refractivity contribution in [3.63, 3.8) is 0 Å². The maximum absolute atomic E-state index is 13.1. The Morgan fingerprint density at radius 3 is 2.57 bits per heavy atom. The molecule has 2 aliphatic rings. The first-order valence-corrected chi connectivity index (χ1v) is 12.2. The van der Waals surface area contributed by atoms with Gasteiger partial charge < -0.3 is 29.3 Å². The molecule has 0 aliphatic carbocycles. The zero-order chi connectivity index (χ0) is 24.8. The molecule has 2 heterocycles. The Morgan fingerprint density at radius 2 is 1.80 bits per heavy atom. The number of fused-ring (bicyclic) bond motifs is 1. The Bertz CT molecular complexity index is 1040. The number of carbonyl (C=O) groups excluding carboxylic acids is 2. The lowest BCUT2D eigenvalue weighted by Crippen LogP contribution is -2.45. The third-order valence-corrected chi connectivity index (χ3v) is 7.19. The highest BCUT2D eigenvalue weighted by Gasteiger charge is 2.36. The SMILES string of the molecule is COc1cccc(NC(=O)N2CCC3CC(=O)N(CCc4cccc(OC)c4OC)CCC3C2)c1. The normalized spacial score (nSPS) is 20.0. The van der Waals surface area contributed by atoms with E-state index in [0.717, 1.165) is 24.2 Å². The summed E-state index contributed by atoms with van der Waals surface area (Å²) in [5.74, 6) is 2.97. The number of anilines is 1. The fraction of sp³-hybridized carbons (Fsp3) is 0.481. The topological polar surface area (TPSA) is 80.3 Å². The van der Waals surface area contributed by atoms with Crippen molar-refractivity contribution in [2.45, 2.75) is 25.7 Å². The third-order valence-electron chi connectivity index (χ3n) is 7.19. The first-order valence-electron chi connectivity index (χ1n) is 12.2. The molecule has 2 saturated heterocycles. The molecule has 0 spiro atoms. The van der Waals surface area contributed by atoms with Crippen molar-refractivity contribution >= 4 is 17.6 Å². The number of para-hydroxylation sites is 1. The summed E-state index contributed by atoms with van der Waals surface area (Å²) in [5.41, 5.74) is 1.74. The summed E-state index contributed by atoms with van der Waals surface area (Å²) in [7, 11) is 4.87. The highest BCUT2D eigenvalue weighted by Crippen LogP contribution is 2.34. The molecule has 0 saturated carbocycles. The Labute approximate surface area is 207 Å². The molecule has 3 amide bonds. The van der Waals surface area contributed by atoms with Crippen LogP contribution in [-0.4, -0.2) is 69.2 Å². The van der Waals surface area contributed by atoms with Gasteiger partial charge in [-0.25, -0.2) is 4.79 Å². The van der Waals surface area contributed by atoms with Gasteiger partial charge in [-0.05, 0) is 54.9 Å². The van der Waals surface area contributed by atoms with E-state index in [0.29, 0.717) is 68.0 Å². The number of methoxy groups -OCH3 is 3. The van der Waals surface area contributed by atoms with Gasteiger partial charge in [-0.1, -0.05) is 18.2 Å². The molecular weight excluding hydrogens is 446 g/mol. The molecule has 4 rings (SSSR count). The van der Waals surface area contributed by atoms with E-state index in [9.17, 15) is 9.59 Å². The number of nitrogens with zero attached hydrogens (tertiary/aromatic N) is 2. The maximum atomic E-state index is 13.1. The summed E-state index contributed by atoms with van der Waals surface area (Å²) in [6.07, 6.45) is 3.00. The van der Waals surface area contributed by atoms with Crippen LogP contribution in [0.3, 0.4) is 0 Å². The molecule has 2 atom stereocenters. The Hall–Kier alpha value is -3.42. The highest BCUT2D eigenvalue weighted by molar-refractivity contribution is 5.89. The first kappa shape index (κ1) is 24.7. The van der Waals surface area contributed by atoms with Crippen molar-refractivity contribution in [2.24, 2.45) is 11.8 Å². The number of carbonyl (C=O) groups is 2. The largest absolute Gasteiger partial charge is 0.497 e. The first-order chi connectivity index (χ1) is 17.0. The molecule has 2 aromatic rings. The van der Waals surface area contributed by atoms with Crippen molar-refractivity contribution < 1.29 is 23.8 Å². The molecule has 1 N–H and O–H groups in total. The second-order valence-corrected chi connectivity index (χ2v) is 9.19. The predicted molar refractivity (Wildman–Crippen MR) is 134 cm³/mol. The van der Waals surface area contributed by atoms with Gasteiger partial charge in [0.05, 0.1) is 21.3 Å². The van der Waals surface area contributed by atoms with E-state index in [1.807, 2.05) is 52.3 Å². The second kappa shape index (κ2) is 11.3. The predicted octanol–water partition coefficient (Wildman–Crippen LogP) is 4.05. The number of urea groups is 1. The molecule has 8 heteroatoms. The number of likely N-dealkylation sites (tertiary alicyclic amines) is 2. The van der Waals surface area contributed by atoms with Gasteiger partial charge in [-0.2, -0.15) is 0 Å². The summed E-state index contributed by atoms with van der Waals surface area (Å²) >= 11 is 0. The number of hydrogen-bond donors (Lipinski definition) is 1. The van der Waals surface area contributed by atoms with Crippen molar-refractivity contribution in [2.75, 3.05) is 52.8 Å². The van der Waals surface area contributed by atoms with Crippen LogP contribution in [0.1, 0.15) is 24.8 Å². The number of rotatable bonds is 7. The van der Waals surface area contributed by atoms with Crippen LogP contribution >= 0.6 is 0 Å². The van der Waals surface area contributed by atoms with Gasteiger partial charge in [0.15, 0.2) is 11.5 Å². The number of ether oxygens (including phenoxy) is 3. The molecule has 0 radical (unpaired) electrons. The van der Waals surface area contributed by atoms with Gasteiger partial charge in [0.1, 0.15) is 5.75 Å². The molecule has 188 valence electrons. The van der Waals surface area contributed by atoms with Gasteiger partial charge >= 0.3 is 6.03 Å². The lowest BCUT2D eigenvalue weighted by molar-refractivity contribution is -0.131. The molecule has 0 aromatic heterocycles. The van der Waals surface area contributed by atoms with Gasteiger partial charge in [-0.3, -0.25) is 4.79 Å². The van der Waals surface area contributed by atoms with Gasteiger partial charge in [0.25, 0.3) is 0 Å². The fourth-order valence-corrected chi connectivity index (χ4v) is 5.21. The van der Waals surface area contributed by atoms with E-state index < -0.39 is 0 Å². The molecule has 2 unspecified atom stereocenters. The zero-order valence-corrected chi connectivity index (χ0v) is 20.8. The standard InChI is InChI=1S/C27H35N3O5/c1-33-23-8-5-7-22(17-23)28-27(32)30-15-11-20-16-25(31)29(14-12-21(20)18-30)13-10-19-6-4-9-24(34-2)26(19)35-3/h4-9,17,20-21H,10-16,18H2,1-3H3,(H,28,32). The molecule has 8 nitrogen and oxygen atoms in total. The summed E-state index contributed by atoms with van der Waals surface area (Å²) < 4.78 is 16.2. The Kier molecular flexibility index (Phi) is 8.00. The number of nitrogens with one attached hydrogen (secondary N) is 1. The average molecular weight is 482 g/mol. The van der Waals surface area contributed by atoms with E-state index in [1.54, 1.807) is 21.3 Å². The molecule has 2 aliphatic heterocycles. The summed E-state index contributed by atoms with van der Waals surface area (Å²) in [6, 6.07) is 13.1. The molecule has 0 bridgehead atoms. The van der Waals surface area contributed by atoms with Crippen molar-refractivity contribution in [1.82, 2.24) is 9.80 Å². The van der Waals surface area contributed by atoms with E-state index >= 15 is 0 Å². The summed E-state index contributed by atoms with van der Waals surface area (Å²) in [6.45, 7) is 2.68. The van der Waals surface area contributed by atoms with Crippen LogP contribution in [0.25, 0.3) is 0 Å². The van der Waals surface area contributed by atoms with Crippen molar-refractivity contribution in [3.8, 4) is 17.2 Å². The minimum Gasteiger partial charge on any atom is -0.497 e. The zero-order valence-electron chi connectivity index (χ0n) is 20.8. The molecular formula is C27H35N3O5.